The minimum atomic E-state index is 0. The van der Waals surface area contributed by atoms with Crippen LogP contribution in [-0.4, -0.2) is 30.9 Å². The molecule has 0 aliphatic carbocycles. The van der Waals surface area contributed by atoms with Crippen LogP contribution in [-0.2, 0) is 4.79 Å². The molecule has 20 heavy (non-hydrogen) atoms. The fourth-order valence-electron chi connectivity index (χ4n) is 2.38. The van der Waals surface area contributed by atoms with Crippen LogP contribution in [0.1, 0.15) is 44.7 Å². The summed E-state index contributed by atoms with van der Waals surface area (Å²) in [6, 6.07) is 10.5. The van der Waals surface area contributed by atoms with Crippen molar-refractivity contribution in [2.75, 3.05) is 20.1 Å². The van der Waals surface area contributed by atoms with E-state index in [1.54, 1.807) is 0 Å². The number of nitrogens with zero attached hydrogens (tertiary/aromatic N) is 1. The number of nitrogens with one attached hydrogen (secondary N) is 1. The molecule has 0 aliphatic rings. The zero-order valence-corrected chi connectivity index (χ0v) is 13.6. The Morgan fingerprint density at radius 2 is 1.90 bits per heavy atom. The van der Waals surface area contributed by atoms with Crippen LogP contribution in [0.4, 0.5) is 0 Å². The number of carbonyl (C=O) groups excluding carboxylic acids is 1. The van der Waals surface area contributed by atoms with E-state index in [1.165, 1.54) is 5.56 Å². The van der Waals surface area contributed by atoms with Crippen molar-refractivity contribution >= 4 is 18.3 Å². The Balaban J connectivity index is 0.00000361. The number of carbonyl (C=O) groups is 1. The van der Waals surface area contributed by atoms with Crippen LogP contribution < -0.4 is 5.32 Å². The lowest BCUT2D eigenvalue weighted by Crippen LogP contribution is -2.36. The van der Waals surface area contributed by atoms with Gasteiger partial charge in [-0.15, -0.1) is 12.4 Å². The van der Waals surface area contributed by atoms with E-state index in [0.717, 1.165) is 25.9 Å². The number of hydrogen-bond donors (Lipinski definition) is 1. The summed E-state index contributed by atoms with van der Waals surface area (Å²) in [7, 11) is 1.88. The molecule has 1 rings (SSSR count). The van der Waals surface area contributed by atoms with E-state index in [9.17, 15) is 4.79 Å². The number of amides is 1. The highest BCUT2D eigenvalue weighted by Gasteiger charge is 2.22. The van der Waals surface area contributed by atoms with Crippen molar-refractivity contribution in [1.29, 1.82) is 0 Å². The summed E-state index contributed by atoms with van der Waals surface area (Å²) in [6.07, 6.45) is 2.52. The van der Waals surface area contributed by atoms with E-state index in [0.29, 0.717) is 6.42 Å². The van der Waals surface area contributed by atoms with Crippen molar-refractivity contribution in [2.24, 2.45) is 0 Å². The van der Waals surface area contributed by atoms with Crippen LogP contribution in [0.5, 0.6) is 0 Å². The average Bonchev–Trinajstić information content (AvgIpc) is 2.45. The van der Waals surface area contributed by atoms with Gasteiger partial charge in [0.2, 0.25) is 5.91 Å². The molecule has 114 valence electrons. The minimum absolute atomic E-state index is 0. The van der Waals surface area contributed by atoms with Crippen LogP contribution in [0.15, 0.2) is 30.3 Å². The third kappa shape index (κ3) is 5.51. The molecule has 0 aliphatic heterocycles. The molecule has 0 spiro atoms. The lowest BCUT2D eigenvalue weighted by atomic mass is 10.0. The predicted molar refractivity (Wildman–Crippen MR) is 87.3 cm³/mol. The van der Waals surface area contributed by atoms with E-state index in [2.05, 4.69) is 31.3 Å². The van der Waals surface area contributed by atoms with Crippen molar-refractivity contribution in [3.05, 3.63) is 35.9 Å². The van der Waals surface area contributed by atoms with E-state index in [-0.39, 0.29) is 24.4 Å². The molecule has 3 nitrogen and oxygen atoms in total. The molecule has 1 aromatic carbocycles. The molecule has 0 fully saturated rings. The summed E-state index contributed by atoms with van der Waals surface area (Å²) in [5, 5.41) is 3.04. The van der Waals surface area contributed by atoms with Gasteiger partial charge in [0.25, 0.3) is 0 Å². The normalized spacial score (nSPS) is 11.6. The smallest absolute Gasteiger partial charge is 0.224 e. The number of rotatable bonds is 8. The Kier molecular flexibility index (Phi) is 10.1. The highest BCUT2D eigenvalue weighted by Crippen LogP contribution is 2.24. The Bertz CT molecular complexity index is 370. The largest absolute Gasteiger partial charge is 0.336 e. The summed E-state index contributed by atoms with van der Waals surface area (Å²) in [5.74, 6) is 0.243. The van der Waals surface area contributed by atoms with Crippen LogP contribution >= 0.6 is 12.4 Å². The molecule has 1 aromatic rings. The fraction of sp³-hybridized carbons (Fsp3) is 0.562. The van der Waals surface area contributed by atoms with Gasteiger partial charge in [-0.05, 0) is 25.5 Å². The van der Waals surface area contributed by atoms with Gasteiger partial charge >= 0.3 is 0 Å². The van der Waals surface area contributed by atoms with Gasteiger partial charge in [-0.3, -0.25) is 4.79 Å². The lowest BCUT2D eigenvalue weighted by molar-refractivity contribution is -0.133. The van der Waals surface area contributed by atoms with Crippen molar-refractivity contribution in [2.45, 2.75) is 39.2 Å². The molecular weight excluding hydrogens is 272 g/mol. The van der Waals surface area contributed by atoms with E-state index >= 15 is 0 Å². The summed E-state index contributed by atoms with van der Waals surface area (Å²) in [6.45, 7) is 5.84. The first-order valence-corrected chi connectivity index (χ1v) is 7.23. The first kappa shape index (κ1) is 18.9. The molecule has 1 N–H and O–H groups in total. The number of halogens is 1. The first-order chi connectivity index (χ1) is 9.24. The van der Waals surface area contributed by atoms with Crippen molar-refractivity contribution < 1.29 is 4.79 Å². The summed E-state index contributed by atoms with van der Waals surface area (Å²) in [4.78, 5) is 14.4. The van der Waals surface area contributed by atoms with E-state index in [4.69, 9.17) is 0 Å². The maximum Gasteiger partial charge on any atom is 0.224 e. The fourth-order valence-corrected chi connectivity index (χ4v) is 2.38. The van der Waals surface area contributed by atoms with Crippen LogP contribution in [0.3, 0.4) is 0 Å². The van der Waals surface area contributed by atoms with Gasteiger partial charge in [-0.1, -0.05) is 44.2 Å². The van der Waals surface area contributed by atoms with Gasteiger partial charge in [0, 0.05) is 19.5 Å². The van der Waals surface area contributed by atoms with Gasteiger partial charge in [0.15, 0.2) is 0 Å². The highest BCUT2D eigenvalue weighted by atomic mass is 35.5. The predicted octanol–water partition coefficient (Wildman–Crippen LogP) is 3.41. The second-order valence-corrected chi connectivity index (χ2v) is 4.78. The monoisotopic (exact) mass is 298 g/mol. The van der Waals surface area contributed by atoms with Gasteiger partial charge in [0.1, 0.15) is 0 Å². The highest BCUT2D eigenvalue weighted by molar-refractivity contribution is 5.85. The summed E-state index contributed by atoms with van der Waals surface area (Å²) < 4.78 is 0. The molecule has 0 saturated carbocycles. The molecule has 1 amide bonds. The van der Waals surface area contributed by atoms with Gasteiger partial charge < -0.3 is 10.2 Å². The maximum atomic E-state index is 12.4. The van der Waals surface area contributed by atoms with Gasteiger partial charge in [-0.2, -0.15) is 0 Å². The zero-order valence-electron chi connectivity index (χ0n) is 12.8. The van der Waals surface area contributed by atoms with Gasteiger partial charge in [-0.25, -0.2) is 0 Å². The molecule has 4 heteroatoms. The van der Waals surface area contributed by atoms with Crippen molar-refractivity contribution in [1.82, 2.24) is 10.2 Å². The molecule has 0 heterocycles. The molecule has 0 aromatic heterocycles. The molecule has 0 bridgehead atoms. The van der Waals surface area contributed by atoms with E-state index in [1.807, 2.05) is 30.1 Å². The third-order valence-electron chi connectivity index (χ3n) is 3.32. The Morgan fingerprint density at radius 1 is 1.25 bits per heavy atom. The van der Waals surface area contributed by atoms with Crippen molar-refractivity contribution in [3.63, 3.8) is 0 Å². The molecule has 1 atom stereocenters. The minimum Gasteiger partial charge on any atom is -0.336 e. The SMILES string of the molecule is CCCN(C(=O)CCNC)C(CC)c1ccccc1.Cl. The standard InChI is InChI=1S/C16H26N2O.ClH/c1-4-13-18(16(19)11-12-17-3)15(5-2)14-9-7-6-8-10-14;/h6-10,15,17H,4-5,11-13H2,1-3H3;1H. The number of benzene rings is 1. The second kappa shape index (κ2) is 10.7. The summed E-state index contributed by atoms with van der Waals surface area (Å²) in [5.41, 5.74) is 1.23. The Labute approximate surface area is 129 Å². The van der Waals surface area contributed by atoms with Gasteiger partial charge in [0.05, 0.1) is 6.04 Å². The topological polar surface area (TPSA) is 32.3 Å². The lowest BCUT2D eigenvalue weighted by Gasteiger charge is -2.31. The Hall–Kier alpha value is -1.06. The number of hydrogen-bond acceptors (Lipinski definition) is 2. The maximum absolute atomic E-state index is 12.4. The van der Waals surface area contributed by atoms with Crippen LogP contribution in [0.25, 0.3) is 0 Å². The van der Waals surface area contributed by atoms with Crippen LogP contribution in [0, 0.1) is 0 Å². The van der Waals surface area contributed by atoms with E-state index < -0.39 is 0 Å². The quantitative estimate of drug-likeness (QED) is 0.798. The second-order valence-electron chi connectivity index (χ2n) is 4.78. The molecule has 1 unspecified atom stereocenters. The molecule has 0 radical (unpaired) electrons. The zero-order chi connectivity index (χ0) is 14.1. The van der Waals surface area contributed by atoms with Crippen LogP contribution in [0.2, 0.25) is 0 Å². The average molecular weight is 299 g/mol. The first-order valence-electron chi connectivity index (χ1n) is 7.23. The Morgan fingerprint density at radius 3 is 2.40 bits per heavy atom. The van der Waals surface area contributed by atoms with Crippen molar-refractivity contribution in [3.8, 4) is 0 Å². The third-order valence-corrected chi connectivity index (χ3v) is 3.32. The summed E-state index contributed by atoms with van der Waals surface area (Å²) >= 11 is 0. The molecular formula is C16H27ClN2O. The molecule has 0 saturated heterocycles.